The zero-order valence-corrected chi connectivity index (χ0v) is 15.1. The third-order valence-electron chi connectivity index (χ3n) is 7.82. The van der Waals surface area contributed by atoms with Crippen LogP contribution in [0.1, 0.15) is 53.4 Å². The normalized spacial score (nSPS) is 59.8. The summed E-state index contributed by atoms with van der Waals surface area (Å²) in [7, 11) is 0. The third kappa shape index (κ3) is 2.51. The molecular formula is C20H34O3. The molecule has 3 fully saturated rings. The van der Waals surface area contributed by atoms with Crippen LogP contribution in [0.4, 0.5) is 0 Å². The quantitative estimate of drug-likeness (QED) is 0.650. The molecule has 132 valence electrons. The van der Waals surface area contributed by atoms with Crippen molar-refractivity contribution < 1.29 is 15.3 Å². The van der Waals surface area contributed by atoms with E-state index in [9.17, 15) is 15.3 Å². The lowest BCUT2D eigenvalue weighted by Crippen LogP contribution is -2.67. The maximum atomic E-state index is 11.0. The second-order valence-corrected chi connectivity index (χ2v) is 9.36. The van der Waals surface area contributed by atoms with Gasteiger partial charge in [-0.25, -0.2) is 0 Å². The minimum Gasteiger partial charge on any atom is -0.390 e. The Balaban J connectivity index is 1.95. The van der Waals surface area contributed by atoms with Crippen molar-refractivity contribution in [1.29, 1.82) is 0 Å². The first kappa shape index (κ1) is 17.4. The fourth-order valence-corrected chi connectivity index (χ4v) is 6.55. The topological polar surface area (TPSA) is 60.7 Å². The molecule has 0 amide bonds. The van der Waals surface area contributed by atoms with E-state index >= 15 is 0 Å². The summed E-state index contributed by atoms with van der Waals surface area (Å²) in [6.07, 6.45) is 4.82. The Morgan fingerprint density at radius 3 is 2.43 bits per heavy atom. The van der Waals surface area contributed by atoms with Gasteiger partial charge in [0.1, 0.15) is 6.10 Å². The molecule has 0 aromatic rings. The van der Waals surface area contributed by atoms with Gasteiger partial charge in [-0.05, 0) is 73.5 Å². The van der Waals surface area contributed by atoms with Crippen LogP contribution in [0.15, 0.2) is 12.7 Å². The molecule has 3 nitrogen and oxygen atoms in total. The van der Waals surface area contributed by atoms with Crippen molar-refractivity contribution in [2.75, 3.05) is 0 Å². The van der Waals surface area contributed by atoms with E-state index in [1.54, 1.807) is 6.92 Å². The Morgan fingerprint density at radius 1 is 1.17 bits per heavy atom. The Hall–Kier alpha value is -0.380. The molecule has 3 aliphatic carbocycles. The van der Waals surface area contributed by atoms with Gasteiger partial charge in [-0.1, -0.05) is 26.8 Å². The van der Waals surface area contributed by atoms with Crippen LogP contribution in [0.25, 0.3) is 0 Å². The zero-order chi connectivity index (χ0) is 17.2. The highest BCUT2D eigenvalue weighted by Gasteiger charge is 2.61. The molecule has 3 N–H and O–H groups in total. The van der Waals surface area contributed by atoms with E-state index in [0.717, 1.165) is 19.3 Å². The number of rotatable bonds is 1. The van der Waals surface area contributed by atoms with E-state index < -0.39 is 17.8 Å². The molecule has 0 saturated heterocycles. The van der Waals surface area contributed by atoms with Gasteiger partial charge < -0.3 is 15.3 Å². The highest BCUT2D eigenvalue weighted by Crippen LogP contribution is 2.60. The standard InChI is InChI=1S/C20H34O3/c1-6-19(4)8-7-14-13(10-19)9-11(2)16-15(14)12(3)17(21)18(22)20(16,5)23/h6,11-18,21-23H,1,7-10H2,2-5H3/t11-,12-,13?,14?,15?,16?,17?,18?,19?,20?/m0/s1. The third-order valence-corrected chi connectivity index (χ3v) is 7.82. The predicted octanol–water partition coefficient (Wildman–Crippen LogP) is 2.99. The molecular weight excluding hydrogens is 288 g/mol. The van der Waals surface area contributed by atoms with E-state index in [4.69, 9.17) is 0 Å². The van der Waals surface area contributed by atoms with Crippen molar-refractivity contribution in [1.82, 2.24) is 0 Å². The smallest absolute Gasteiger partial charge is 0.109 e. The van der Waals surface area contributed by atoms with Crippen LogP contribution < -0.4 is 0 Å². The van der Waals surface area contributed by atoms with Crippen LogP contribution in [-0.2, 0) is 0 Å². The van der Waals surface area contributed by atoms with Gasteiger partial charge in [0.2, 0.25) is 0 Å². The molecule has 0 spiro atoms. The van der Waals surface area contributed by atoms with E-state index in [2.05, 4.69) is 33.4 Å². The highest BCUT2D eigenvalue weighted by atomic mass is 16.4. The molecule has 0 aromatic heterocycles. The minimum atomic E-state index is -1.19. The van der Waals surface area contributed by atoms with Crippen LogP contribution in [-0.4, -0.2) is 33.1 Å². The Labute approximate surface area is 140 Å². The summed E-state index contributed by atoms with van der Waals surface area (Å²) in [6.45, 7) is 12.4. The maximum absolute atomic E-state index is 11.0. The van der Waals surface area contributed by atoms with Gasteiger partial charge in [0.25, 0.3) is 0 Å². The number of hydrogen-bond acceptors (Lipinski definition) is 3. The Morgan fingerprint density at radius 2 is 1.83 bits per heavy atom. The van der Waals surface area contributed by atoms with Crippen molar-refractivity contribution in [3.63, 3.8) is 0 Å². The van der Waals surface area contributed by atoms with E-state index in [0.29, 0.717) is 23.7 Å². The molecule has 0 radical (unpaired) electrons. The minimum absolute atomic E-state index is 0.0403. The van der Waals surface area contributed by atoms with Crippen LogP contribution in [0, 0.1) is 40.9 Å². The summed E-state index contributed by atoms with van der Waals surface area (Å²) >= 11 is 0. The molecule has 3 rings (SSSR count). The summed E-state index contributed by atoms with van der Waals surface area (Å²) in [5, 5.41) is 32.0. The maximum Gasteiger partial charge on any atom is 0.109 e. The molecule has 10 atom stereocenters. The largest absolute Gasteiger partial charge is 0.390 e. The molecule has 8 unspecified atom stereocenters. The Bertz CT molecular complexity index is 474. The fraction of sp³-hybridized carbons (Fsp3) is 0.900. The summed E-state index contributed by atoms with van der Waals surface area (Å²) in [5.74, 6) is 1.97. The average Bonchev–Trinajstić information content (AvgIpc) is 2.49. The van der Waals surface area contributed by atoms with Gasteiger partial charge in [0, 0.05) is 0 Å². The monoisotopic (exact) mass is 322 g/mol. The van der Waals surface area contributed by atoms with E-state index in [-0.39, 0.29) is 17.3 Å². The van der Waals surface area contributed by atoms with Gasteiger partial charge in [0.15, 0.2) is 0 Å². The van der Waals surface area contributed by atoms with Gasteiger partial charge in [-0.15, -0.1) is 6.58 Å². The number of aliphatic hydroxyl groups is 3. The number of fused-ring (bicyclic) bond motifs is 3. The predicted molar refractivity (Wildman–Crippen MR) is 91.7 cm³/mol. The summed E-state index contributed by atoms with van der Waals surface area (Å²) < 4.78 is 0. The number of allylic oxidation sites excluding steroid dienone is 1. The average molecular weight is 322 g/mol. The second-order valence-electron chi connectivity index (χ2n) is 9.36. The fourth-order valence-electron chi connectivity index (χ4n) is 6.55. The molecule has 3 heteroatoms. The van der Waals surface area contributed by atoms with Gasteiger partial charge >= 0.3 is 0 Å². The summed E-state index contributed by atoms with van der Waals surface area (Å²) in [4.78, 5) is 0. The second kappa shape index (κ2) is 5.57. The first-order valence-electron chi connectivity index (χ1n) is 9.34. The number of aliphatic hydroxyl groups excluding tert-OH is 2. The molecule has 0 aromatic carbocycles. The lowest BCUT2D eigenvalue weighted by Gasteiger charge is -2.61. The van der Waals surface area contributed by atoms with Gasteiger partial charge in [-0.2, -0.15) is 0 Å². The first-order valence-corrected chi connectivity index (χ1v) is 9.34. The summed E-state index contributed by atoms with van der Waals surface area (Å²) in [6, 6.07) is 0. The molecule has 3 aliphatic rings. The zero-order valence-electron chi connectivity index (χ0n) is 15.1. The van der Waals surface area contributed by atoms with Crippen LogP contribution >= 0.6 is 0 Å². The van der Waals surface area contributed by atoms with Crippen molar-refractivity contribution in [3.05, 3.63) is 12.7 Å². The molecule has 23 heavy (non-hydrogen) atoms. The number of hydrogen-bond donors (Lipinski definition) is 3. The molecule has 0 aliphatic heterocycles. The van der Waals surface area contributed by atoms with Crippen molar-refractivity contribution in [2.45, 2.75) is 71.2 Å². The molecule has 0 bridgehead atoms. The van der Waals surface area contributed by atoms with Crippen LogP contribution in [0.3, 0.4) is 0 Å². The molecule has 0 heterocycles. The van der Waals surface area contributed by atoms with Crippen molar-refractivity contribution >= 4 is 0 Å². The Kier molecular flexibility index (Phi) is 4.23. The highest BCUT2D eigenvalue weighted by molar-refractivity contribution is 5.11. The van der Waals surface area contributed by atoms with Crippen LogP contribution in [0.2, 0.25) is 0 Å². The van der Waals surface area contributed by atoms with Crippen molar-refractivity contribution in [2.24, 2.45) is 40.9 Å². The molecule has 3 saturated carbocycles. The van der Waals surface area contributed by atoms with E-state index in [1.807, 2.05) is 0 Å². The lowest BCUT2D eigenvalue weighted by molar-refractivity contribution is -0.244. The summed E-state index contributed by atoms with van der Waals surface area (Å²) in [5.41, 5.74) is -0.966. The van der Waals surface area contributed by atoms with Gasteiger partial charge in [0.05, 0.1) is 11.7 Å². The first-order chi connectivity index (χ1) is 10.6. The lowest BCUT2D eigenvalue weighted by atomic mass is 9.46. The van der Waals surface area contributed by atoms with E-state index in [1.165, 1.54) is 6.42 Å². The SMILES string of the molecule is C=CC1(C)CCC2C(C[C@H](C)C3C2[C@H](C)C(O)C(O)C3(C)O)C1. The van der Waals surface area contributed by atoms with Gasteiger partial charge in [-0.3, -0.25) is 0 Å². The van der Waals surface area contributed by atoms with Crippen molar-refractivity contribution in [3.8, 4) is 0 Å². The van der Waals surface area contributed by atoms with Crippen LogP contribution in [0.5, 0.6) is 0 Å².